The second-order valence-corrected chi connectivity index (χ2v) is 7.88. The van der Waals surface area contributed by atoms with E-state index < -0.39 is 0 Å². The number of hydrogen-bond acceptors (Lipinski definition) is 3. The summed E-state index contributed by atoms with van der Waals surface area (Å²) in [6.45, 7) is 18.3. The van der Waals surface area contributed by atoms with Crippen molar-refractivity contribution in [2.24, 2.45) is 0 Å². The van der Waals surface area contributed by atoms with Crippen molar-refractivity contribution in [3.05, 3.63) is 35.9 Å². The van der Waals surface area contributed by atoms with Crippen LogP contribution in [0.5, 0.6) is 0 Å². The Kier molecular flexibility index (Phi) is 9.89. The van der Waals surface area contributed by atoms with Crippen molar-refractivity contribution in [1.82, 2.24) is 15.1 Å². The highest BCUT2D eigenvalue weighted by Crippen LogP contribution is 2.10. The van der Waals surface area contributed by atoms with Crippen LogP contribution in [0, 0.1) is 0 Å². The molecule has 148 valence electrons. The zero-order valence-electron chi connectivity index (χ0n) is 17.8. The minimum absolute atomic E-state index is 0.233. The highest BCUT2D eigenvalue weighted by Gasteiger charge is 2.26. The Labute approximate surface area is 161 Å². The van der Waals surface area contributed by atoms with Gasteiger partial charge in [0.1, 0.15) is 0 Å². The van der Waals surface area contributed by atoms with Gasteiger partial charge in [0.05, 0.1) is 6.42 Å². The average Bonchev–Trinajstić information content (AvgIpc) is 2.58. The van der Waals surface area contributed by atoms with Crippen LogP contribution in [0.2, 0.25) is 0 Å². The van der Waals surface area contributed by atoms with Gasteiger partial charge in [0.25, 0.3) is 0 Å². The summed E-state index contributed by atoms with van der Waals surface area (Å²) in [5.41, 5.74) is 1.09. The number of amides is 1. The van der Waals surface area contributed by atoms with E-state index in [0.29, 0.717) is 30.6 Å². The molecular weight excluding hydrogens is 322 g/mol. The largest absolute Gasteiger partial charge is 0.337 e. The Bertz CT molecular complexity index is 507. The fraction of sp³-hybridized carbons (Fsp3) is 0.682. The third-order valence-electron chi connectivity index (χ3n) is 4.97. The molecule has 26 heavy (non-hydrogen) atoms. The van der Waals surface area contributed by atoms with Crippen molar-refractivity contribution >= 4 is 5.91 Å². The number of benzene rings is 1. The van der Waals surface area contributed by atoms with Crippen molar-refractivity contribution in [1.29, 1.82) is 0 Å². The molecule has 1 aromatic rings. The van der Waals surface area contributed by atoms with E-state index in [-0.39, 0.29) is 5.91 Å². The highest BCUT2D eigenvalue weighted by atomic mass is 16.2. The molecular formula is C22H39N3O. The molecule has 1 aromatic carbocycles. The van der Waals surface area contributed by atoms with Gasteiger partial charge >= 0.3 is 0 Å². The predicted octanol–water partition coefficient (Wildman–Crippen LogP) is 3.56. The average molecular weight is 362 g/mol. The number of rotatable bonds is 5. The third kappa shape index (κ3) is 7.46. The van der Waals surface area contributed by atoms with Crippen molar-refractivity contribution in [3.63, 3.8) is 0 Å². The summed E-state index contributed by atoms with van der Waals surface area (Å²) in [6.07, 6.45) is 0.512. The first-order chi connectivity index (χ1) is 12.3. The topological polar surface area (TPSA) is 35.6 Å². The van der Waals surface area contributed by atoms with Crippen molar-refractivity contribution < 1.29 is 4.79 Å². The molecule has 1 saturated heterocycles. The van der Waals surface area contributed by atoms with E-state index in [9.17, 15) is 4.79 Å². The van der Waals surface area contributed by atoms with Gasteiger partial charge in [0, 0.05) is 37.3 Å². The van der Waals surface area contributed by atoms with Gasteiger partial charge in [-0.25, -0.2) is 0 Å². The summed E-state index contributed by atoms with van der Waals surface area (Å²) in [5, 5.41) is 3.39. The highest BCUT2D eigenvalue weighted by molar-refractivity contribution is 5.79. The summed E-state index contributed by atoms with van der Waals surface area (Å²) in [7, 11) is 0. The summed E-state index contributed by atoms with van der Waals surface area (Å²) in [6, 6.07) is 12.0. The van der Waals surface area contributed by atoms with Crippen LogP contribution in [0.25, 0.3) is 0 Å². The van der Waals surface area contributed by atoms with Gasteiger partial charge in [-0.3, -0.25) is 9.69 Å². The van der Waals surface area contributed by atoms with Crippen LogP contribution in [0.3, 0.4) is 0 Å². The van der Waals surface area contributed by atoms with Gasteiger partial charge in [-0.1, -0.05) is 37.3 Å². The van der Waals surface area contributed by atoms with E-state index in [2.05, 4.69) is 58.7 Å². The minimum Gasteiger partial charge on any atom is -0.337 e. The molecule has 4 nitrogen and oxygen atoms in total. The fourth-order valence-corrected chi connectivity index (χ4v) is 3.57. The lowest BCUT2D eigenvalue weighted by molar-refractivity contribution is -0.133. The van der Waals surface area contributed by atoms with Crippen LogP contribution in [-0.4, -0.2) is 59.5 Å². The lowest BCUT2D eigenvalue weighted by atomic mass is 10.1. The Morgan fingerprint density at radius 2 is 1.73 bits per heavy atom. The molecule has 0 aromatic heterocycles. The Morgan fingerprint density at radius 3 is 2.19 bits per heavy atom. The SMILES string of the molecule is CC1CN(C(=O)Cc2ccccc2)C(C)CN1.CCN(C(C)C)C(C)C. The van der Waals surface area contributed by atoms with Gasteiger partial charge in [0.2, 0.25) is 5.91 Å². The zero-order chi connectivity index (χ0) is 19.7. The van der Waals surface area contributed by atoms with Crippen LogP contribution < -0.4 is 5.32 Å². The first-order valence-electron chi connectivity index (χ1n) is 10.1. The molecule has 0 saturated carbocycles. The van der Waals surface area contributed by atoms with E-state index in [0.717, 1.165) is 25.2 Å². The first kappa shape index (κ1) is 22.7. The van der Waals surface area contributed by atoms with E-state index in [1.54, 1.807) is 0 Å². The monoisotopic (exact) mass is 361 g/mol. The lowest BCUT2D eigenvalue weighted by Crippen LogP contribution is -2.56. The molecule has 1 aliphatic rings. The molecule has 1 aliphatic heterocycles. The lowest BCUT2D eigenvalue weighted by Gasteiger charge is -2.37. The fourth-order valence-electron chi connectivity index (χ4n) is 3.57. The molecule has 0 radical (unpaired) electrons. The predicted molar refractivity (Wildman–Crippen MR) is 111 cm³/mol. The van der Waals surface area contributed by atoms with Gasteiger partial charge < -0.3 is 10.2 Å². The van der Waals surface area contributed by atoms with Crippen LogP contribution in [0.4, 0.5) is 0 Å². The molecule has 1 heterocycles. The van der Waals surface area contributed by atoms with Crippen LogP contribution in [-0.2, 0) is 11.2 Å². The molecule has 1 fully saturated rings. The van der Waals surface area contributed by atoms with E-state index in [1.807, 2.05) is 35.2 Å². The maximum Gasteiger partial charge on any atom is 0.227 e. The smallest absolute Gasteiger partial charge is 0.227 e. The van der Waals surface area contributed by atoms with E-state index in [4.69, 9.17) is 0 Å². The minimum atomic E-state index is 0.233. The quantitative estimate of drug-likeness (QED) is 0.871. The summed E-state index contributed by atoms with van der Waals surface area (Å²) < 4.78 is 0. The standard InChI is InChI=1S/C14H20N2O.C8H19N/c1-11-10-16(12(2)9-15-11)14(17)8-13-6-4-3-5-7-13;1-6-9(7(2)3)8(4)5/h3-7,11-12,15H,8-10H2,1-2H3;7-8H,6H2,1-5H3. The molecule has 0 spiro atoms. The summed E-state index contributed by atoms with van der Waals surface area (Å²) in [5.74, 6) is 0.233. The Morgan fingerprint density at radius 1 is 1.15 bits per heavy atom. The number of hydrogen-bond donors (Lipinski definition) is 1. The summed E-state index contributed by atoms with van der Waals surface area (Å²) in [4.78, 5) is 16.7. The number of nitrogens with one attached hydrogen (secondary N) is 1. The molecule has 2 unspecified atom stereocenters. The van der Waals surface area contributed by atoms with Gasteiger partial charge in [-0.15, -0.1) is 0 Å². The molecule has 0 aliphatic carbocycles. The van der Waals surface area contributed by atoms with Gasteiger partial charge in [-0.2, -0.15) is 0 Å². The second-order valence-electron chi connectivity index (χ2n) is 7.88. The zero-order valence-corrected chi connectivity index (χ0v) is 17.8. The molecule has 0 bridgehead atoms. The van der Waals surface area contributed by atoms with Crippen molar-refractivity contribution in [3.8, 4) is 0 Å². The molecule has 1 amide bonds. The Balaban J connectivity index is 0.000000321. The molecule has 2 atom stereocenters. The second kappa shape index (κ2) is 11.3. The van der Waals surface area contributed by atoms with E-state index >= 15 is 0 Å². The van der Waals surface area contributed by atoms with Crippen LogP contribution in [0.15, 0.2) is 30.3 Å². The van der Waals surface area contributed by atoms with Crippen molar-refractivity contribution in [2.75, 3.05) is 19.6 Å². The third-order valence-corrected chi connectivity index (χ3v) is 4.97. The maximum atomic E-state index is 12.2. The number of piperazine rings is 1. The summed E-state index contributed by atoms with van der Waals surface area (Å²) >= 11 is 0. The first-order valence-corrected chi connectivity index (χ1v) is 10.1. The molecule has 4 heteroatoms. The number of nitrogens with zero attached hydrogens (tertiary/aromatic N) is 2. The van der Waals surface area contributed by atoms with Crippen LogP contribution in [0.1, 0.15) is 54.0 Å². The maximum absolute atomic E-state index is 12.2. The van der Waals surface area contributed by atoms with Crippen LogP contribution >= 0.6 is 0 Å². The van der Waals surface area contributed by atoms with Gasteiger partial charge in [0.15, 0.2) is 0 Å². The van der Waals surface area contributed by atoms with Crippen molar-refractivity contribution in [2.45, 2.75) is 79.1 Å². The van der Waals surface area contributed by atoms with E-state index in [1.165, 1.54) is 0 Å². The number of carbonyl (C=O) groups is 1. The molecule has 1 N–H and O–H groups in total. The molecule has 2 rings (SSSR count). The normalized spacial score (nSPS) is 20.3. The number of carbonyl (C=O) groups excluding carboxylic acids is 1. The van der Waals surface area contributed by atoms with Gasteiger partial charge in [-0.05, 0) is 53.7 Å². The Hall–Kier alpha value is -1.39.